The SMILES string of the molecule is Cc1ccccc1[C@@H](C)[C@H](C)OC(=O)[C@@H](NC(=O)OC(C)(C)C)C(C)C. The van der Waals surface area contributed by atoms with Crippen LogP contribution in [0.4, 0.5) is 4.79 Å². The molecule has 0 saturated carbocycles. The fourth-order valence-corrected chi connectivity index (χ4v) is 2.64. The van der Waals surface area contributed by atoms with Crippen molar-refractivity contribution in [2.24, 2.45) is 5.92 Å². The lowest BCUT2D eigenvalue weighted by atomic mass is 9.92. The first-order valence-corrected chi connectivity index (χ1v) is 9.18. The highest BCUT2D eigenvalue weighted by molar-refractivity contribution is 5.81. The van der Waals surface area contributed by atoms with Gasteiger partial charge in [-0.1, -0.05) is 45.0 Å². The predicted molar refractivity (Wildman–Crippen MR) is 103 cm³/mol. The number of ether oxygens (including phenoxy) is 2. The molecule has 0 aliphatic heterocycles. The molecule has 0 unspecified atom stereocenters. The third-order valence-electron chi connectivity index (χ3n) is 4.28. The summed E-state index contributed by atoms with van der Waals surface area (Å²) in [5.74, 6) is -0.510. The lowest BCUT2D eigenvalue weighted by Gasteiger charge is -2.27. The van der Waals surface area contributed by atoms with Crippen LogP contribution in [-0.2, 0) is 14.3 Å². The molecule has 3 atom stereocenters. The van der Waals surface area contributed by atoms with E-state index in [1.54, 1.807) is 20.8 Å². The molecule has 1 aromatic rings. The summed E-state index contributed by atoms with van der Waals surface area (Å²) in [6.45, 7) is 15.0. The Morgan fingerprint density at radius 3 is 2.12 bits per heavy atom. The average molecular weight is 363 g/mol. The second kappa shape index (κ2) is 9.06. The summed E-state index contributed by atoms with van der Waals surface area (Å²) < 4.78 is 10.9. The Bertz CT molecular complexity index is 619. The van der Waals surface area contributed by atoms with Gasteiger partial charge in [-0.05, 0) is 51.7 Å². The second-order valence-corrected chi connectivity index (χ2v) is 8.16. The maximum Gasteiger partial charge on any atom is 0.408 e. The number of carbonyl (C=O) groups excluding carboxylic acids is 2. The summed E-state index contributed by atoms with van der Waals surface area (Å²) in [5.41, 5.74) is 1.69. The first kappa shape index (κ1) is 22.0. The van der Waals surface area contributed by atoms with E-state index in [2.05, 4.69) is 5.32 Å². The molecule has 5 nitrogen and oxygen atoms in total. The molecule has 0 saturated heterocycles. The van der Waals surface area contributed by atoms with Crippen molar-refractivity contribution in [2.45, 2.75) is 79.1 Å². The Labute approximate surface area is 157 Å². The van der Waals surface area contributed by atoms with Crippen LogP contribution in [0.25, 0.3) is 0 Å². The number of rotatable bonds is 6. The lowest BCUT2D eigenvalue weighted by molar-refractivity contribution is -0.153. The van der Waals surface area contributed by atoms with Crippen LogP contribution in [0.2, 0.25) is 0 Å². The maximum atomic E-state index is 12.6. The Balaban J connectivity index is 2.77. The van der Waals surface area contributed by atoms with Gasteiger partial charge >= 0.3 is 12.1 Å². The van der Waals surface area contributed by atoms with E-state index in [0.29, 0.717) is 0 Å². The smallest absolute Gasteiger partial charge is 0.408 e. The highest BCUT2D eigenvalue weighted by Crippen LogP contribution is 2.25. The van der Waals surface area contributed by atoms with Crippen LogP contribution in [0.1, 0.15) is 65.5 Å². The molecule has 1 aromatic carbocycles. The normalized spacial score (nSPS) is 15.1. The third-order valence-corrected chi connectivity index (χ3v) is 4.28. The lowest BCUT2D eigenvalue weighted by Crippen LogP contribution is -2.48. The van der Waals surface area contributed by atoms with Gasteiger partial charge in [0.2, 0.25) is 0 Å². The number of alkyl carbamates (subject to hydrolysis) is 1. The topological polar surface area (TPSA) is 64.6 Å². The number of carbonyl (C=O) groups is 2. The van der Waals surface area contributed by atoms with Crippen LogP contribution in [0.5, 0.6) is 0 Å². The van der Waals surface area contributed by atoms with Gasteiger partial charge in [0.1, 0.15) is 17.7 Å². The van der Waals surface area contributed by atoms with Crippen molar-refractivity contribution in [3.05, 3.63) is 35.4 Å². The number of nitrogens with one attached hydrogen (secondary N) is 1. The van der Waals surface area contributed by atoms with Crippen molar-refractivity contribution < 1.29 is 19.1 Å². The van der Waals surface area contributed by atoms with E-state index in [-0.39, 0.29) is 17.9 Å². The highest BCUT2D eigenvalue weighted by atomic mass is 16.6. The van der Waals surface area contributed by atoms with E-state index in [0.717, 1.165) is 11.1 Å². The van der Waals surface area contributed by atoms with E-state index in [1.807, 2.05) is 58.9 Å². The quantitative estimate of drug-likeness (QED) is 0.751. The maximum absolute atomic E-state index is 12.6. The van der Waals surface area contributed by atoms with Gasteiger partial charge in [0.05, 0.1) is 0 Å². The number of esters is 1. The van der Waals surface area contributed by atoms with Crippen LogP contribution in [-0.4, -0.2) is 29.8 Å². The monoisotopic (exact) mass is 363 g/mol. The Kier molecular flexibility index (Phi) is 7.67. The molecule has 1 amide bonds. The largest absolute Gasteiger partial charge is 0.460 e. The number of hydrogen-bond acceptors (Lipinski definition) is 4. The fourth-order valence-electron chi connectivity index (χ4n) is 2.64. The zero-order valence-electron chi connectivity index (χ0n) is 17.3. The number of benzene rings is 1. The second-order valence-electron chi connectivity index (χ2n) is 8.16. The summed E-state index contributed by atoms with van der Waals surface area (Å²) in [6.07, 6.45) is -0.932. The van der Waals surface area contributed by atoms with Gasteiger partial charge in [0.15, 0.2) is 0 Å². The molecule has 0 bridgehead atoms. The van der Waals surface area contributed by atoms with Crippen LogP contribution in [0, 0.1) is 12.8 Å². The fraction of sp³-hybridized carbons (Fsp3) is 0.619. The van der Waals surface area contributed by atoms with Gasteiger partial charge in [-0.25, -0.2) is 9.59 Å². The standard InChI is InChI=1S/C21H33NO4/c1-13(2)18(22-20(24)26-21(6,7)8)19(23)25-16(5)15(4)17-12-10-9-11-14(17)3/h9-13,15-16,18H,1-8H3,(H,22,24)/t15-,16-,18-/m0/s1. The van der Waals surface area contributed by atoms with Crippen LogP contribution >= 0.6 is 0 Å². The minimum absolute atomic E-state index is 0.0505. The van der Waals surface area contributed by atoms with Gasteiger partial charge in [-0.2, -0.15) is 0 Å². The summed E-state index contributed by atoms with van der Waals surface area (Å²) in [5, 5.41) is 2.63. The number of amides is 1. The summed E-state index contributed by atoms with van der Waals surface area (Å²) >= 11 is 0. The molecule has 0 aromatic heterocycles. The molecule has 26 heavy (non-hydrogen) atoms. The number of aryl methyl sites for hydroxylation is 1. The minimum Gasteiger partial charge on any atom is -0.460 e. The minimum atomic E-state index is -0.753. The van der Waals surface area contributed by atoms with Gasteiger partial charge in [-0.15, -0.1) is 0 Å². The molecular weight excluding hydrogens is 330 g/mol. The highest BCUT2D eigenvalue weighted by Gasteiger charge is 2.30. The van der Waals surface area contributed by atoms with Gasteiger partial charge in [-0.3, -0.25) is 0 Å². The molecule has 5 heteroatoms. The van der Waals surface area contributed by atoms with E-state index >= 15 is 0 Å². The van der Waals surface area contributed by atoms with Crippen molar-refractivity contribution in [1.82, 2.24) is 5.32 Å². The van der Waals surface area contributed by atoms with Crippen molar-refractivity contribution in [1.29, 1.82) is 0 Å². The summed E-state index contributed by atoms with van der Waals surface area (Å²) in [6, 6.07) is 7.30. The van der Waals surface area contributed by atoms with Crippen LogP contribution in [0.15, 0.2) is 24.3 Å². The molecule has 0 heterocycles. The predicted octanol–water partition coefficient (Wildman–Crippen LogP) is 4.58. The van der Waals surface area contributed by atoms with Crippen molar-refractivity contribution >= 4 is 12.1 Å². The molecular formula is C21H33NO4. The molecule has 0 radical (unpaired) electrons. The first-order chi connectivity index (χ1) is 11.9. The van der Waals surface area contributed by atoms with Crippen LogP contribution < -0.4 is 5.32 Å². The third kappa shape index (κ3) is 6.70. The van der Waals surface area contributed by atoms with Crippen molar-refractivity contribution in [3.8, 4) is 0 Å². The van der Waals surface area contributed by atoms with E-state index in [9.17, 15) is 9.59 Å². The molecule has 0 fully saturated rings. The van der Waals surface area contributed by atoms with Crippen molar-refractivity contribution in [3.63, 3.8) is 0 Å². The average Bonchev–Trinajstić information content (AvgIpc) is 2.50. The molecule has 1 rings (SSSR count). The molecule has 0 spiro atoms. The van der Waals surface area contributed by atoms with Crippen LogP contribution in [0.3, 0.4) is 0 Å². The zero-order valence-corrected chi connectivity index (χ0v) is 17.3. The first-order valence-electron chi connectivity index (χ1n) is 9.18. The molecule has 1 N–H and O–H groups in total. The molecule has 146 valence electrons. The van der Waals surface area contributed by atoms with Crippen molar-refractivity contribution in [2.75, 3.05) is 0 Å². The van der Waals surface area contributed by atoms with E-state index in [1.165, 1.54) is 0 Å². The van der Waals surface area contributed by atoms with E-state index < -0.39 is 23.7 Å². The molecule has 0 aliphatic carbocycles. The van der Waals surface area contributed by atoms with Gasteiger partial charge < -0.3 is 14.8 Å². The Morgan fingerprint density at radius 2 is 1.62 bits per heavy atom. The summed E-state index contributed by atoms with van der Waals surface area (Å²) in [7, 11) is 0. The Hall–Kier alpha value is -2.04. The molecule has 0 aliphatic rings. The van der Waals surface area contributed by atoms with E-state index in [4.69, 9.17) is 9.47 Å². The number of hydrogen-bond donors (Lipinski definition) is 1. The van der Waals surface area contributed by atoms with Gasteiger partial charge in [0, 0.05) is 5.92 Å². The van der Waals surface area contributed by atoms with Gasteiger partial charge in [0.25, 0.3) is 0 Å². The zero-order chi connectivity index (χ0) is 20.1. The summed E-state index contributed by atoms with van der Waals surface area (Å²) in [4.78, 5) is 24.6. The Morgan fingerprint density at radius 1 is 1.04 bits per heavy atom.